The van der Waals surface area contributed by atoms with Gasteiger partial charge in [0.25, 0.3) is 5.56 Å². The molecule has 0 saturated carbocycles. The van der Waals surface area contributed by atoms with Gasteiger partial charge in [-0.2, -0.15) is 0 Å². The Hall–Kier alpha value is -0.650. The Labute approximate surface area is 110 Å². The third kappa shape index (κ3) is 2.21. The van der Waals surface area contributed by atoms with Gasteiger partial charge in [-0.05, 0) is 34.5 Å². The van der Waals surface area contributed by atoms with Crippen molar-refractivity contribution in [3.63, 3.8) is 0 Å². The molecule has 0 saturated heterocycles. The maximum Gasteiger partial charge on any atom is 0.265 e. The fourth-order valence-corrected chi connectivity index (χ4v) is 2.75. The molecule has 0 unspecified atom stereocenters. The summed E-state index contributed by atoms with van der Waals surface area (Å²) in [4.78, 5) is 19.6. The van der Waals surface area contributed by atoms with Crippen LogP contribution in [0.5, 0.6) is 0 Å². The number of aromatic nitrogens is 2. The second kappa shape index (κ2) is 4.69. The minimum Gasteiger partial charge on any atom is -0.305 e. The highest BCUT2D eigenvalue weighted by atomic mass is 79.9. The standard InChI is InChI=1S/C10H8BrClN2OS/c1-2-5-8(11)10(15)14-9(13-5)6-3-4-7(12)16-6/h3-4H,2H2,1H3,(H,13,14,15). The molecule has 0 fully saturated rings. The highest BCUT2D eigenvalue weighted by Crippen LogP contribution is 2.28. The number of halogens is 2. The topological polar surface area (TPSA) is 45.8 Å². The fraction of sp³-hybridized carbons (Fsp3) is 0.200. The van der Waals surface area contributed by atoms with E-state index in [1.54, 1.807) is 6.07 Å². The summed E-state index contributed by atoms with van der Waals surface area (Å²) in [7, 11) is 0. The molecule has 3 nitrogen and oxygen atoms in total. The maximum atomic E-state index is 11.6. The van der Waals surface area contributed by atoms with Crippen LogP contribution in [0.3, 0.4) is 0 Å². The summed E-state index contributed by atoms with van der Waals surface area (Å²) in [5, 5.41) is 0. The van der Waals surface area contributed by atoms with Gasteiger partial charge in [-0.1, -0.05) is 18.5 Å². The monoisotopic (exact) mass is 318 g/mol. The van der Waals surface area contributed by atoms with E-state index < -0.39 is 0 Å². The van der Waals surface area contributed by atoms with Gasteiger partial charge in [-0.15, -0.1) is 11.3 Å². The largest absolute Gasteiger partial charge is 0.305 e. The van der Waals surface area contributed by atoms with Crippen molar-refractivity contribution in [1.82, 2.24) is 9.97 Å². The van der Waals surface area contributed by atoms with Crippen LogP contribution in [-0.2, 0) is 6.42 Å². The summed E-state index contributed by atoms with van der Waals surface area (Å²) in [6.07, 6.45) is 0.705. The Morgan fingerprint density at radius 1 is 1.56 bits per heavy atom. The first-order valence-electron chi connectivity index (χ1n) is 4.66. The molecule has 0 spiro atoms. The Bertz CT molecular complexity index is 578. The molecular formula is C10H8BrClN2OS. The van der Waals surface area contributed by atoms with Crippen LogP contribution in [0.1, 0.15) is 12.6 Å². The Morgan fingerprint density at radius 2 is 2.31 bits per heavy atom. The lowest BCUT2D eigenvalue weighted by Crippen LogP contribution is -2.12. The van der Waals surface area contributed by atoms with Gasteiger partial charge in [0.1, 0.15) is 4.47 Å². The first kappa shape index (κ1) is 11.8. The smallest absolute Gasteiger partial charge is 0.265 e. The molecule has 0 radical (unpaired) electrons. The van der Waals surface area contributed by atoms with Crippen LogP contribution in [-0.4, -0.2) is 9.97 Å². The highest BCUT2D eigenvalue weighted by Gasteiger charge is 2.10. The molecule has 2 rings (SSSR count). The minimum absolute atomic E-state index is 0.161. The molecule has 84 valence electrons. The molecule has 2 aromatic rings. The molecule has 0 amide bonds. The average molecular weight is 320 g/mol. The number of rotatable bonds is 2. The van der Waals surface area contributed by atoms with Gasteiger partial charge in [0.2, 0.25) is 0 Å². The summed E-state index contributed by atoms with van der Waals surface area (Å²) in [6, 6.07) is 3.63. The number of hydrogen-bond donors (Lipinski definition) is 1. The van der Waals surface area contributed by atoms with Gasteiger partial charge in [0, 0.05) is 0 Å². The number of H-pyrrole nitrogens is 1. The van der Waals surface area contributed by atoms with Crippen molar-refractivity contribution in [2.75, 3.05) is 0 Å². The van der Waals surface area contributed by atoms with Crippen molar-refractivity contribution in [3.05, 3.63) is 37.0 Å². The normalized spacial score (nSPS) is 10.7. The lowest BCUT2D eigenvalue weighted by Gasteiger charge is -2.02. The van der Waals surface area contributed by atoms with Crippen LogP contribution >= 0.6 is 38.9 Å². The number of hydrogen-bond acceptors (Lipinski definition) is 3. The summed E-state index contributed by atoms with van der Waals surface area (Å²) in [5.41, 5.74) is 0.592. The van der Waals surface area contributed by atoms with E-state index in [-0.39, 0.29) is 5.56 Å². The van der Waals surface area contributed by atoms with Crippen LogP contribution in [0.4, 0.5) is 0 Å². The molecule has 0 aliphatic heterocycles. The van der Waals surface area contributed by atoms with E-state index in [9.17, 15) is 4.79 Å². The van der Waals surface area contributed by atoms with E-state index in [1.165, 1.54) is 11.3 Å². The molecule has 0 aliphatic rings. The fourth-order valence-electron chi connectivity index (χ4n) is 1.30. The van der Waals surface area contributed by atoms with Gasteiger partial charge in [0.15, 0.2) is 5.82 Å². The van der Waals surface area contributed by atoms with Crippen LogP contribution in [0.15, 0.2) is 21.4 Å². The molecule has 0 aromatic carbocycles. The van der Waals surface area contributed by atoms with E-state index in [0.29, 0.717) is 21.1 Å². The zero-order valence-electron chi connectivity index (χ0n) is 8.38. The van der Waals surface area contributed by atoms with Gasteiger partial charge < -0.3 is 4.98 Å². The zero-order chi connectivity index (χ0) is 11.7. The molecule has 16 heavy (non-hydrogen) atoms. The van der Waals surface area contributed by atoms with Gasteiger partial charge in [-0.3, -0.25) is 4.79 Å². The molecular weight excluding hydrogens is 312 g/mol. The van der Waals surface area contributed by atoms with Crippen molar-refractivity contribution >= 4 is 38.9 Å². The highest BCUT2D eigenvalue weighted by molar-refractivity contribution is 9.10. The Balaban J connectivity index is 2.59. The molecule has 6 heteroatoms. The molecule has 2 heterocycles. The number of thiophene rings is 1. The Kier molecular flexibility index (Phi) is 3.47. The van der Waals surface area contributed by atoms with Gasteiger partial charge in [-0.25, -0.2) is 4.98 Å². The second-order valence-corrected chi connectivity index (χ2v) is 5.64. The molecule has 0 atom stereocenters. The summed E-state index contributed by atoms with van der Waals surface area (Å²) < 4.78 is 1.18. The van der Waals surface area contributed by atoms with Crippen LogP contribution in [0, 0.1) is 0 Å². The van der Waals surface area contributed by atoms with Gasteiger partial charge >= 0.3 is 0 Å². The quantitative estimate of drug-likeness (QED) is 0.921. The van der Waals surface area contributed by atoms with Crippen molar-refractivity contribution in [3.8, 4) is 10.7 Å². The Morgan fingerprint density at radius 3 is 2.88 bits per heavy atom. The van der Waals surface area contributed by atoms with Gasteiger partial charge in [0.05, 0.1) is 14.9 Å². The van der Waals surface area contributed by atoms with E-state index in [2.05, 4.69) is 25.9 Å². The van der Waals surface area contributed by atoms with Crippen molar-refractivity contribution < 1.29 is 0 Å². The van der Waals surface area contributed by atoms with Crippen molar-refractivity contribution in [2.24, 2.45) is 0 Å². The summed E-state index contributed by atoms with van der Waals surface area (Å²) in [5.74, 6) is 0.571. The SMILES string of the molecule is CCc1nc(-c2ccc(Cl)s2)[nH]c(=O)c1Br. The van der Waals surface area contributed by atoms with Crippen molar-refractivity contribution in [2.45, 2.75) is 13.3 Å². The van der Waals surface area contributed by atoms with E-state index in [1.807, 2.05) is 13.0 Å². The molecule has 2 aromatic heterocycles. The minimum atomic E-state index is -0.161. The van der Waals surface area contributed by atoms with Crippen LogP contribution < -0.4 is 5.56 Å². The number of nitrogens with one attached hydrogen (secondary N) is 1. The zero-order valence-corrected chi connectivity index (χ0v) is 11.5. The first-order chi connectivity index (χ1) is 7.61. The summed E-state index contributed by atoms with van der Waals surface area (Å²) >= 11 is 10.5. The molecule has 1 N–H and O–H groups in total. The first-order valence-corrected chi connectivity index (χ1v) is 6.65. The van der Waals surface area contributed by atoms with Crippen LogP contribution in [0.25, 0.3) is 10.7 Å². The number of nitrogens with zero attached hydrogens (tertiary/aromatic N) is 1. The van der Waals surface area contributed by atoms with Crippen LogP contribution in [0.2, 0.25) is 4.34 Å². The molecule has 0 bridgehead atoms. The second-order valence-electron chi connectivity index (χ2n) is 3.13. The molecule has 0 aliphatic carbocycles. The lowest BCUT2D eigenvalue weighted by molar-refractivity contribution is 0.973. The summed E-state index contributed by atoms with van der Waals surface area (Å²) in [6.45, 7) is 1.96. The van der Waals surface area contributed by atoms with E-state index in [0.717, 1.165) is 10.6 Å². The average Bonchev–Trinajstić information content (AvgIpc) is 2.69. The third-order valence-electron chi connectivity index (χ3n) is 2.07. The third-order valence-corrected chi connectivity index (χ3v) is 4.13. The van der Waals surface area contributed by atoms with E-state index >= 15 is 0 Å². The van der Waals surface area contributed by atoms with Crippen molar-refractivity contribution in [1.29, 1.82) is 0 Å². The predicted molar refractivity (Wildman–Crippen MR) is 70.3 cm³/mol. The maximum absolute atomic E-state index is 11.6. The number of aromatic amines is 1. The predicted octanol–water partition coefficient (Wildman–Crippen LogP) is 3.48. The number of aryl methyl sites for hydroxylation is 1. The van der Waals surface area contributed by atoms with E-state index in [4.69, 9.17) is 11.6 Å². The lowest BCUT2D eigenvalue weighted by atomic mass is 10.3.